The summed E-state index contributed by atoms with van der Waals surface area (Å²) in [7, 11) is 0. The third-order valence-electron chi connectivity index (χ3n) is 3.28. The van der Waals surface area contributed by atoms with Gasteiger partial charge in [-0.1, -0.05) is 19.1 Å². The Kier molecular flexibility index (Phi) is 3.58. The summed E-state index contributed by atoms with van der Waals surface area (Å²) in [5.74, 6) is 0.852. The van der Waals surface area contributed by atoms with Crippen LogP contribution in [0, 0.1) is 17.2 Å². The molecule has 16 heavy (non-hydrogen) atoms. The van der Waals surface area contributed by atoms with Crippen LogP contribution in [0.1, 0.15) is 24.5 Å². The van der Waals surface area contributed by atoms with E-state index < -0.39 is 0 Å². The zero-order chi connectivity index (χ0) is 11.4. The third-order valence-corrected chi connectivity index (χ3v) is 3.28. The summed E-state index contributed by atoms with van der Waals surface area (Å²) < 4.78 is 0. The van der Waals surface area contributed by atoms with Crippen molar-refractivity contribution in [2.45, 2.75) is 19.8 Å². The molecule has 1 saturated heterocycles. The third kappa shape index (κ3) is 2.84. The number of nitrogens with zero attached hydrogens (tertiary/aromatic N) is 2. The Morgan fingerprint density at radius 1 is 1.50 bits per heavy atom. The standard InChI is InChI=1S/C14H18N2/c1-12-5-7-16(11-12)8-6-13-3-2-4-14(9-13)10-15/h2-4,9,12H,5-8,11H2,1H3. The summed E-state index contributed by atoms with van der Waals surface area (Å²) in [5, 5.41) is 8.82. The van der Waals surface area contributed by atoms with E-state index in [9.17, 15) is 0 Å². The van der Waals surface area contributed by atoms with Gasteiger partial charge in [0.2, 0.25) is 0 Å². The van der Waals surface area contributed by atoms with Gasteiger partial charge >= 0.3 is 0 Å². The average molecular weight is 214 g/mol. The normalized spacial score (nSPS) is 20.9. The van der Waals surface area contributed by atoms with Gasteiger partial charge in [-0.25, -0.2) is 0 Å². The Morgan fingerprint density at radius 3 is 3.06 bits per heavy atom. The van der Waals surface area contributed by atoms with Crippen molar-refractivity contribution in [1.82, 2.24) is 4.90 Å². The van der Waals surface area contributed by atoms with Gasteiger partial charge in [-0.05, 0) is 43.0 Å². The molecule has 0 N–H and O–H groups in total. The van der Waals surface area contributed by atoms with Crippen molar-refractivity contribution in [3.8, 4) is 6.07 Å². The molecule has 1 aliphatic heterocycles. The highest BCUT2D eigenvalue weighted by atomic mass is 15.1. The van der Waals surface area contributed by atoms with E-state index in [1.165, 1.54) is 25.1 Å². The molecule has 2 heteroatoms. The minimum atomic E-state index is 0.771. The largest absolute Gasteiger partial charge is 0.303 e. The highest BCUT2D eigenvalue weighted by Crippen LogP contribution is 2.15. The first-order valence-corrected chi connectivity index (χ1v) is 5.99. The summed E-state index contributed by atoms with van der Waals surface area (Å²) in [6, 6.07) is 10.1. The van der Waals surface area contributed by atoms with E-state index in [0.29, 0.717) is 0 Å². The van der Waals surface area contributed by atoms with Crippen LogP contribution in [0.4, 0.5) is 0 Å². The number of hydrogen-bond acceptors (Lipinski definition) is 2. The molecule has 1 heterocycles. The van der Waals surface area contributed by atoms with Gasteiger partial charge in [0.05, 0.1) is 11.6 Å². The van der Waals surface area contributed by atoms with Gasteiger partial charge in [-0.3, -0.25) is 0 Å². The van der Waals surface area contributed by atoms with Gasteiger partial charge in [0.25, 0.3) is 0 Å². The van der Waals surface area contributed by atoms with Crippen LogP contribution in [0.2, 0.25) is 0 Å². The van der Waals surface area contributed by atoms with E-state index in [1.807, 2.05) is 18.2 Å². The van der Waals surface area contributed by atoms with Gasteiger partial charge in [0.15, 0.2) is 0 Å². The zero-order valence-electron chi connectivity index (χ0n) is 9.82. The first kappa shape index (κ1) is 11.2. The van der Waals surface area contributed by atoms with Crippen LogP contribution in [0.5, 0.6) is 0 Å². The second-order valence-corrected chi connectivity index (χ2v) is 4.76. The molecule has 0 radical (unpaired) electrons. The Balaban J connectivity index is 1.87. The minimum Gasteiger partial charge on any atom is -0.303 e. The van der Waals surface area contributed by atoms with Crippen LogP contribution in [-0.4, -0.2) is 24.5 Å². The monoisotopic (exact) mass is 214 g/mol. The van der Waals surface area contributed by atoms with Gasteiger partial charge < -0.3 is 4.90 Å². The van der Waals surface area contributed by atoms with Crippen LogP contribution in [0.25, 0.3) is 0 Å². The number of rotatable bonds is 3. The molecule has 0 bridgehead atoms. The van der Waals surface area contributed by atoms with E-state index in [-0.39, 0.29) is 0 Å². The fourth-order valence-electron chi connectivity index (χ4n) is 2.31. The summed E-state index contributed by atoms with van der Waals surface area (Å²) in [6.07, 6.45) is 2.39. The molecule has 1 atom stereocenters. The molecule has 1 aromatic carbocycles. The lowest BCUT2D eigenvalue weighted by Crippen LogP contribution is -2.23. The van der Waals surface area contributed by atoms with Crippen molar-refractivity contribution in [2.75, 3.05) is 19.6 Å². The fraction of sp³-hybridized carbons (Fsp3) is 0.500. The van der Waals surface area contributed by atoms with Crippen LogP contribution in [-0.2, 0) is 6.42 Å². The minimum absolute atomic E-state index is 0.771. The number of nitriles is 1. The average Bonchev–Trinajstić information content (AvgIpc) is 2.73. The molecule has 0 spiro atoms. The zero-order valence-corrected chi connectivity index (χ0v) is 9.82. The van der Waals surface area contributed by atoms with Gasteiger partial charge in [-0.15, -0.1) is 0 Å². The Hall–Kier alpha value is -1.33. The quantitative estimate of drug-likeness (QED) is 0.772. The molecular formula is C14H18N2. The summed E-state index contributed by atoms with van der Waals surface area (Å²) in [5.41, 5.74) is 2.05. The van der Waals surface area contributed by atoms with Crippen LogP contribution in [0.15, 0.2) is 24.3 Å². The molecule has 0 amide bonds. The molecule has 1 aliphatic rings. The summed E-state index contributed by atoms with van der Waals surface area (Å²) in [6.45, 7) is 5.91. The van der Waals surface area contributed by atoms with E-state index in [4.69, 9.17) is 5.26 Å². The molecule has 2 rings (SSSR count). The summed E-state index contributed by atoms with van der Waals surface area (Å²) >= 11 is 0. The van der Waals surface area contributed by atoms with E-state index in [1.54, 1.807) is 0 Å². The molecule has 0 aliphatic carbocycles. The van der Waals surface area contributed by atoms with Crippen molar-refractivity contribution in [3.63, 3.8) is 0 Å². The van der Waals surface area contributed by atoms with Gasteiger partial charge in [0, 0.05) is 13.1 Å². The van der Waals surface area contributed by atoms with E-state index in [0.717, 1.165) is 24.4 Å². The number of likely N-dealkylation sites (tertiary alicyclic amines) is 1. The molecule has 84 valence electrons. The van der Waals surface area contributed by atoms with Crippen LogP contribution < -0.4 is 0 Å². The maximum absolute atomic E-state index is 8.82. The van der Waals surface area contributed by atoms with E-state index >= 15 is 0 Å². The van der Waals surface area contributed by atoms with Crippen LogP contribution in [0.3, 0.4) is 0 Å². The molecule has 0 aromatic heterocycles. The molecule has 1 unspecified atom stereocenters. The second-order valence-electron chi connectivity index (χ2n) is 4.76. The first-order chi connectivity index (χ1) is 7.78. The van der Waals surface area contributed by atoms with Crippen molar-refractivity contribution in [1.29, 1.82) is 5.26 Å². The second kappa shape index (κ2) is 5.14. The first-order valence-electron chi connectivity index (χ1n) is 5.99. The van der Waals surface area contributed by atoms with Gasteiger partial charge in [-0.2, -0.15) is 5.26 Å². The van der Waals surface area contributed by atoms with Crippen molar-refractivity contribution in [2.24, 2.45) is 5.92 Å². The maximum Gasteiger partial charge on any atom is 0.0991 e. The van der Waals surface area contributed by atoms with Crippen molar-refractivity contribution >= 4 is 0 Å². The van der Waals surface area contributed by atoms with E-state index in [2.05, 4.69) is 24.0 Å². The molecule has 1 fully saturated rings. The number of benzene rings is 1. The van der Waals surface area contributed by atoms with Crippen molar-refractivity contribution in [3.05, 3.63) is 35.4 Å². The highest BCUT2D eigenvalue weighted by Gasteiger charge is 2.17. The van der Waals surface area contributed by atoms with Gasteiger partial charge in [0.1, 0.15) is 0 Å². The van der Waals surface area contributed by atoms with Crippen molar-refractivity contribution < 1.29 is 0 Å². The predicted octanol–water partition coefficient (Wildman–Crippen LogP) is 2.44. The highest BCUT2D eigenvalue weighted by molar-refractivity contribution is 5.32. The Morgan fingerprint density at radius 2 is 2.38 bits per heavy atom. The lowest BCUT2D eigenvalue weighted by atomic mass is 10.1. The number of hydrogen-bond donors (Lipinski definition) is 0. The van der Waals surface area contributed by atoms with Crippen LogP contribution >= 0.6 is 0 Å². The molecule has 0 saturated carbocycles. The smallest absolute Gasteiger partial charge is 0.0991 e. The Bertz CT molecular complexity index is 392. The lowest BCUT2D eigenvalue weighted by molar-refractivity contribution is 0.332. The lowest BCUT2D eigenvalue weighted by Gasteiger charge is -2.14. The Labute approximate surface area is 97.5 Å². The molecule has 1 aromatic rings. The SMILES string of the molecule is CC1CCN(CCc2cccc(C#N)c2)C1. The molecule has 2 nitrogen and oxygen atoms in total. The fourth-order valence-corrected chi connectivity index (χ4v) is 2.31. The molecular weight excluding hydrogens is 196 g/mol. The predicted molar refractivity (Wildman–Crippen MR) is 65.1 cm³/mol. The maximum atomic E-state index is 8.82. The summed E-state index contributed by atoms with van der Waals surface area (Å²) in [4.78, 5) is 2.52. The topological polar surface area (TPSA) is 27.0 Å².